The zero-order valence-electron chi connectivity index (χ0n) is 29.3. The van der Waals surface area contributed by atoms with Gasteiger partial charge >= 0.3 is 0 Å². The number of nitrogens with one attached hydrogen (secondary N) is 1. The highest BCUT2D eigenvalue weighted by atomic mass is 19.1. The molecule has 9 heteroatoms. The lowest BCUT2D eigenvalue weighted by atomic mass is 9.98. The van der Waals surface area contributed by atoms with Crippen LogP contribution in [-0.4, -0.2) is 57.7 Å². The highest BCUT2D eigenvalue weighted by Crippen LogP contribution is 2.34. The molecule has 0 radical (unpaired) electrons. The monoisotopic (exact) mass is 531 g/mol. The lowest BCUT2D eigenvalue weighted by Crippen LogP contribution is -2.56. The number of carbonyl (C=O) groups is 3. The number of benzene rings is 2. The highest BCUT2D eigenvalue weighted by molar-refractivity contribution is 6.05. The Morgan fingerprint density at radius 2 is 2.00 bits per heavy atom. The molecule has 2 aromatic carbocycles. The van der Waals surface area contributed by atoms with Crippen LogP contribution in [0.4, 0.5) is 4.39 Å². The number of morpholine rings is 1. The van der Waals surface area contributed by atoms with Crippen LogP contribution in [0.15, 0.2) is 36.4 Å². The van der Waals surface area contributed by atoms with Crippen LogP contribution >= 0.6 is 0 Å². The van der Waals surface area contributed by atoms with E-state index in [1.807, 2.05) is 0 Å². The maximum absolute atomic E-state index is 15.4. The number of fused-ring (bicyclic) bond motifs is 1. The molecule has 38 heavy (non-hydrogen) atoms. The van der Waals surface area contributed by atoms with Gasteiger partial charge in [-0.3, -0.25) is 24.6 Å². The molecule has 0 saturated carbocycles. The second kappa shape index (κ2) is 9.78. The summed E-state index contributed by atoms with van der Waals surface area (Å²) in [6, 6.07) is 6.59. The van der Waals surface area contributed by atoms with Crippen molar-refractivity contribution in [1.29, 1.82) is 0 Å². The van der Waals surface area contributed by atoms with Crippen molar-refractivity contribution in [2.45, 2.75) is 77.4 Å². The molecule has 3 amide bonds. The number of imide groups is 1. The molecule has 8 nitrogen and oxygen atoms in total. The Morgan fingerprint density at radius 1 is 1.21 bits per heavy atom. The molecular formula is C29H34FN3O5. The van der Waals surface area contributed by atoms with Crippen LogP contribution in [0.25, 0.3) is 0 Å². The van der Waals surface area contributed by atoms with Crippen LogP contribution in [0.2, 0.25) is 0 Å². The smallest absolute Gasteiger partial charge is 0.255 e. The molecule has 2 atom stereocenters. The predicted octanol–water partition coefficient (Wildman–Crippen LogP) is 3.56. The van der Waals surface area contributed by atoms with E-state index < -0.39 is 67.1 Å². The van der Waals surface area contributed by atoms with E-state index in [4.69, 9.17) is 20.4 Å². The molecule has 2 saturated heterocycles. The number of halogens is 1. The molecule has 2 aromatic rings. The Bertz CT molecular complexity index is 1620. The molecule has 3 aliphatic heterocycles. The second-order valence-electron chi connectivity index (χ2n) is 10.2. The van der Waals surface area contributed by atoms with E-state index in [1.54, 1.807) is 12.1 Å². The van der Waals surface area contributed by atoms with E-state index in [-0.39, 0.29) is 48.4 Å². The third-order valence-corrected chi connectivity index (χ3v) is 6.41. The summed E-state index contributed by atoms with van der Waals surface area (Å²) in [5.41, 5.74) is -3.29. The topological polar surface area (TPSA) is 88.2 Å². The van der Waals surface area contributed by atoms with Gasteiger partial charge < -0.3 is 14.4 Å². The number of amides is 3. The molecule has 0 aromatic heterocycles. The Hall–Kier alpha value is -3.30. The normalized spacial score (nSPS) is 33.4. The summed E-state index contributed by atoms with van der Waals surface area (Å²) >= 11 is 0. The molecule has 2 fully saturated rings. The average Bonchev–Trinajstić information content (AvgIpc) is 3.29. The zero-order chi connectivity index (χ0) is 34.3. The first-order chi connectivity index (χ1) is 21.1. The molecular weight excluding hydrogens is 489 g/mol. The third kappa shape index (κ3) is 5.44. The van der Waals surface area contributed by atoms with Crippen LogP contribution < -0.4 is 10.1 Å². The van der Waals surface area contributed by atoms with Crippen LogP contribution in [0.3, 0.4) is 0 Å². The Labute approximate surface area is 233 Å². The summed E-state index contributed by atoms with van der Waals surface area (Å²) < 4.78 is 94.2. The van der Waals surface area contributed by atoms with Crippen molar-refractivity contribution < 1.29 is 39.2 Å². The molecule has 2 unspecified atom stereocenters. The minimum atomic E-state index is -2.96. The third-order valence-electron chi connectivity index (χ3n) is 6.41. The van der Waals surface area contributed by atoms with Gasteiger partial charge in [0.15, 0.2) is 0 Å². The van der Waals surface area contributed by atoms with E-state index in [0.717, 1.165) is 22.8 Å². The molecule has 3 heterocycles. The van der Waals surface area contributed by atoms with E-state index in [2.05, 4.69) is 5.32 Å². The van der Waals surface area contributed by atoms with Gasteiger partial charge in [0.1, 0.15) is 24.2 Å². The minimum absolute atomic E-state index is 0.0883. The van der Waals surface area contributed by atoms with Crippen LogP contribution in [0.1, 0.15) is 78.5 Å². The fraction of sp³-hybridized carbons (Fsp3) is 0.483. The van der Waals surface area contributed by atoms with Gasteiger partial charge in [-0.1, -0.05) is 18.2 Å². The summed E-state index contributed by atoms with van der Waals surface area (Å²) in [5, 5.41) is 2.11. The lowest BCUT2D eigenvalue weighted by molar-refractivity contribution is -0.182. The quantitative estimate of drug-likeness (QED) is 0.574. The molecule has 5 rings (SSSR count). The van der Waals surface area contributed by atoms with Gasteiger partial charge in [-0.15, -0.1) is 0 Å². The summed E-state index contributed by atoms with van der Waals surface area (Å²) in [6.45, 7) is -5.44. The SMILES string of the molecule is [2H]C1(N2Cc3c(OCc4ccc(CN5C([2H])([2H])C(C)(C)OC(C)(C([2H])([2H])[2H])C5([2H])[2H])cc4F)cccc3C2=O)CCC(=O)NC1=O. The fourth-order valence-corrected chi connectivity index (χ4v) is 4.91. The largest absolute Gasteiger partial charge is 0.488 e. The number of hydrogen-bond donors (Lipinski definition) is 1. The van der Waals surface area contributed by atoms with Crippen LogP contribution in [-0.2, 0) is 34.0 Å². The first-order valence-corrected chi connectivity index (χ1v) is 12.2. The Kier molecular flexibility index (Phi) is 4.65. The van der Waals surface area contributed by atoms with Crippen molar-refractivity contribution in [3.8, 4) is 5.75 Å². The van der Waals surface area contributed by atoms with Crippen molar-refractivity contribution in [2.75, 3.05) is 13.0 Å². The number of carbonyl (C=O) groups excluding carboxylic acids is 3. The van der Waals surface area contributed by atoms with Crippen molar-refractivity contribution in [3.05, 3.63) is 64.5 Å². The van der Waals surface area contributed by atoms with Crippen molar-refractivity contribution >= 4 is 17.7 Å². The minimum Gasteiger partial charge on any atom is -0.488 e. The average molecular weight is 532 g/mol. The van der Waals surface area contributed by atoms with Gasteiger partial charge in [0, 0.05) is 52.2 Å². The number of ether oxygens (including phenoxy) is 2. The van der Waals surface area contributed by atoms with Gasteiger partial charge in [0.2, 0.25) is 11.8 Å². The summed E-state index contributed by atoms with van der Waals surface area (Å²) in [6.07, 6.45) is -0.253. The molecule has 0 aliphatic carbocycles. The van der Waals surface area contributed by atoms with Crippen LogP contribution in [0, 0.1) is 5.82 Å². The van der Waals surface area contributed by atoms with E-state index in [1.165, 1.54) is 32.0 Å². The number of hydrogen-bond acceptors (Lipinski definition) is 6. The van der Waals surface area contributed by atoms with Gasteiger partial charge in [-0.2, -0.15) is 0 Å². The number of rotatable bonds is 6. The predicted molar refractivity (Wildman–Crippen MR) is 138 cm³/mol. The lowest BCUT2D eigenvalue weighted by Gasteiger charge is -2.47. The second-order valence-corrected chi connectivity index (χ2v) is 10.2. The first kappa shape index (κ1) is 18.1. The summed E-state index contributed by atoms with van der Waals surface area (Å²) in [7, 11) is 0. The standard InChI is InChI=1S/C29H34FN3O5/c1-28(2)16-32(17-29(3,4)38-28)13-18-8-9-19(22(30)12-18)15-37-24-7-5-6-20-21(24)14-33(27(20)36)23-10-11-25(34)31-26(23)35/h5-9,12,23H,10-11,13-17H2,1-4H3,(H,31,34,35)/i1D3,16D2,17D2,23D. The fourth-order valence-electron chi connectivity index (χ4n) is 4.91. The van der Waals surface area contributed by atoms with Gasteiger partial charge in [0.25, 0.3) is 5.91 Å². The molecule has 3 aliphatic rings. The first-order valence-electron chi connectivity index (χ1n) is 16.2. The number of piperidine rings is 1. The molecule has 0 bridgehead atoms. The Morgan fingerprint density at radius 3 is 2.74 bits per heavy atom. The van der Waals surface area contributed by atoms with Gasteiger partial charge in [-0.25, -0.2) is 4.39 Å². The zero-order valence-corrected chi connectivity index (χ0v) is 21.3. The summed E-state index contributed by atoms with van der Waals surface area (Å²) in [5.74, 6) is -2.50. The Balaban J connectivity index is 1.35. The maximum atomic E-state index is 15.4. The van der Waals surface area contributed by atoms with E-state index in [9.17, 15) is 14.4 Å². The van der Waals surface area contributed by atoms with Crippen LogP contribution in [0.5, 0.6) is 5.75 Å². The van der Waals surface area contributed by atoms with E-state index in [0.29, 0.717) is 5.56 Å². The summed E-state index contributed by atoms with van der Waals surface area (Å²) in [4.78, 5) is 39.1. The van der Waals surface area contributed by atoms with Gasteiger partial charge in [-0.05, 0) is 57.8 Å². The van der Waals surface area contributed by atoms with E-state index >= 15 is 4.39 Å². The molecule has 202 valence electrons. The molecule has 0 spiro atoms. The number of nitrogens with zero attached hydrogens (tertiary/aromatic N) is 2. The highest BCUT2D eigenvalue weighted by Gasteiger charge is 2.40. The van der Waals surface area contributed by atoms with Crippen molar-refractivity contribution in [1.82, 2.24) is 15.1 Å². The van der Waals surface area contributed by atoms with Crippen molar-refractivity contribution in [2.24, 2.45) is 0 Å². The molecule has 1 N–H and O–H groups in total. The maximum Gasteiger partial charge on any atom is 0.255 e. The van der Waals surface area contributed by atoms with Gasteiger partial charge in [0.05, 0.1) is 19.1 Å². The van der Waals surface area contributed by atoms with Crippen molar-refractivity contribution in [3.63, 3.8) is 0 Å².